The Labute approximate surface area is 84.9 Å². The van der Waals surface area contributed by atoms with E-state index in [0.29, 0.717) is 38.5 Å². The van der Waals surface area contributed by atoms with E-state index in [2.05, 4.69) is 0 Å². The molecular weight excluding hydrogens is 180 g/mol. The lowest BCUT2D eigenvalue weighted by atomic mass is 10.1. The molecular formula is C10H17N2O2. The Balaban J connectivity index is 2.34. The summed E-state index contributed by atoms with van der Waals surface area (Å²) in [5.41, 5.74) is 0. The molecule has 2 amide bonds. The fourth-order valence-corrected chi connectivity index (χ4v) is 1.53. The summed E-state index contributed by atoms with van der Waals surface area (Å²) in [5.74, 6) is 0.601. The Morgan fingerprint density at radius 1 is 1.29 bits per heavy atom. The third-order valence-electron chi connectivity index (χ3n) is 2.34. The molecule has 0 atom stereocenters. The van der Waals surface area contributed by atoms with E-state index < -0.39 is 0 Å². The fraction of sp³-hybridized carbons (Fsp3) is 0.800. The van der Waals surface area contributed by atoms with Gasteiger partial charge in [-0.05, 0) is 5.92 Å². The Hall–Kier alpha value is -1.06. The molecule has 0 aliphatic carbocycles. The van der Waals surface area contributed by atoms with Crippen LogP contribution in [0.3, 0.4) is 0 Å². The number of piperazine rings is 1. The van der Waals surface area contributed by atoms with E-state index in [0.717, 1.165) is 0 Å². The third kappa shape index (κ3) is 3.01. The molecule has 0 saturated carbocycles. The zero-order chi connectivity index (χ0) is 10.6. The molecule has 4 heteroatoms. The van der Waals surface area contributed by atoms with E-state index >= 15 is 0 Å². The molecule has 79 valence electrons. The molecule has 0 N–H and O–H groups in total. The lowest BCUT2D eigenvalue weighted by molar-refractivity contribution is -0.133. The van der Waals surface area contributed by atoms with Gasteiger partial charge in [0.05, 0.1) is 0 Å². The average molecular weight is 197 g/mol. The number of amides is 2. The van der Waals surface area contributed by atoms with Gasteiger partial charge in [-0.3, -0.25) is 9.59 Å². The highest BCUT2D eigenvalue weighted by Gasteiger charge is 2.20. The van der Waals surface area contributed by atoms with Crippen molar-refractivity contribution in [3.8, 4) is 0 Å². The molecule has 0 aromatic heterocycles. The van der Waals surface area contributed by atoms with Gasteiger partial charge in [0.15, 0.2) is 0 Å². The van der Waals surface area contributed by atoms with Crippen LogP contribution in [-0.2, 0) is 9.59 Å². The van der Waals surface area contributed by atoms with Crippen LogP contribution in [0, 0.1) is 5.92 Å². The maximum atomic E-state index is 11.6. The summed E-state index contributed by atoms with van der Waals surface area (Å²) < 4.78 is 0. The normalized spacial score (nSPS) is 17.4. The van der Waals surface area contributed by atoms with E-state index in [1.807, 2.05) is 25.2 Å². The number of hydrogen-bond acceptors (Lipinski definition) is 2. The summed E-state index contributed by atoms with van der Waals surface area (Å²) in [6.45, 7) is 6.61. The summed E-state index contributed by atoms with van der Waals surface area (Å²) in [7, 11) is 0. The number of carbonyl (C=O) groups excluding carboxylic acids is 2. The Kier molecular flexibility index (Phi) is 3.92. The molecule has 0 spiro atoms. The van der Waals surface area contributed by atoms with Crippen LogP contribution < -0.4 is 0 Å². The van der Waals surface area contributed by atoms with Gasteiger partial charge in [0.1, 0.15) is 0 Å². The summed E-state index contributed by atoms with van der Waals surface area (Å²) >= 11 is 0. The number of nitrogens with zero attached hydrogens (tertiary/aromatic N) is 2. The van der Waals surface area contributed by atoms with Gasteiger partial charge in [0.25, 0.3) is 0 Å². The Morgan fingerprint density at radius 2 is 1.86 bits per heavy atom. The van der Waals surface area contributed by atoms with Crippen LogP contribution in [0.2, 0.25) is 0 Å². The molecule has 4 nitrogen and oxygen atoms in total. The fourth-order valence-electron chi connectivity index (χ4n) is 1.53. The van der Waals surface area contributed by atoms with E-state index in [1.165, 1.54) is 0 Å². The molecule has 1 heterocycles. The predicted molar refractivity (Wildman–Crippen MR) is 53.3 cm³/mol. The largest absolute Gasteiger partial charge is 0.339 e. The Morgan fingerprint density at radius 3 is 2.29 bits per heavy atom. The van der Waals surface area contributed by atoms with Crippen molar-refractivity contribution in [2.75, 3.05) is 26.2 Å². The van der Waals surface area contributed by atoms with Crippen molar-refractivity contribution in [1.82, 2.24) is 9.80 Å². The van der Waals surface area contributed by atoms with Crippen LogP contribution in [0.1, 0.15) is 20.3 Å². The molecule has 0 bridgehead atoms. The molecule has 1 aliphatic rings. The molecule has 1 rings (SSSR count). The van der Waals surface area contributed by atoms with Gasteiger partial charge in [0, 0.05) is 32.6 Å². The zero-order valence-electron chi connectivity index (χ0n) is 8.82. The number of hydrogen-bond donors (Lipinski definition) is 0. The highest BCUT2D eigenvalue weighted by atomic mass is 16.2. The highest BCUT2D eigenvalue weighted by Crippen LogP contribution is 2.06. The maximum absolute atomic E-state index is 11.6. The van der Waals surface area contributed by atoms with Gasteiger partial charge < -0.3 is 9.80 Å². The Bertz CT molecular complexity index is 208. The highest BCUT2D eigenvalue weighted by molar-refractivity contribution is 5.76. The van der Waals surface area contributed by atoms with Crippen molar-refractivity contribution >= 4 is 12.3 Å². The third-order valence-corrected chi connectivity index (χ3v) is 2.34. The number of carbonyl (C=O) groups is 1. The molecule has 14 heavy (non-hydrogen) atoms. The maximum Gasteiger partial charge on any atom is 0.312 e. The first-order chi connectivity index (χ1) is 6.63. The van der Waals surface area contributed by atoms with Crippen molar-refractivity contribution in [2.45, 2.75) is 20.3 Å². The molecule has 1 aliphatic heterocycles. The van der Waals surface area contributed by atoms with Crippen LogP contribution in [0.5, 0.6) is 0 Å². The van der Waals surface area contributed by atoms with Crippen molar-refractivity contribution in [1.29, 1.82) is 0 Å². The zero-order valence-corrected chi connectivity index (χ0v) is 8.82. The topological polar surface area (TPSA) is 40.6 Å². The van der Waals surface area contributed by atoms with Crippen LogP contribution in [0.25, 0.3) is 0 Å². The summed E-state index contributed by atoms with van der Waals surface area (Å²) in [6, 6.07) is 0. The molecule has 1 radical (unpaired) electrons. The SMILES string of the molecule is CC(C)CC(=O)N1CCN([C]=O)CC1. The first-order valence-corrected chi connectivity index (χ1v) is 5.04. The van der Waals surface area contributed by atoms with Crippen molar-refractivity contribution in [3.63, 3.8) is 0 Å². The molecule has 0 aromatic rings. The minimum Gasteiger partial charge on any atom is -0.339 e. The van der Waals surface area contributed by atoms with E-state index in [4.69, 9.17) is 0 Å². The first kappa shape index (κ1) is 11.0. The van der Waals surface area contributed by atoms with Crippen molar-refractivity contribution < 1.29 is 9.59 Å². The summed E-state index contributed by atoms with van der Waals surface area (Å²) in [5, 5.41) is 0. The standard InChI is InChI=1S/C10H17N2O2/c1-9(2)7-10(14)12-5-3-11(8-13)4-6-12/h9H,3-7H2,1-2H3. The monoisotopic (exact) mass is 197 g/mol. The quantitative estimate of drug-likeness (QED) is 0.650. The van der Waals surface area contributed by atoms with Gasteiger partial charge in [-0.25, -0.2) is 0 Å². The second kappa shape index (κ2) is 4.98. The van der Waals surface area contributed by atoms with Crippen molar-refractivity contribution in [2.24, 2.45) is 5.92 Å². The average Bonchev–Trinajstić information content (AvgIpc) is 2.17. The lowest BCUT2D eigenvalue weighted by Gasteiger charge is -2.32. The minimum atomic E-state index is 0.200. The van der Waals surface area contributed by atoms with E-state index in [9.17, 15) is 9.59 Å². The molecule has 1 fully saturated rings. The second-order valence-corrected chi connectivity index (χ2v) is 4.06. The van der Waals surface area contributed by atoms with Crippen LogP contribution in [-0.4, -0.2) is 48.3 Å². The van der Waals surface area contributed by atoms with Gasteiger partial charge in [-0.15, -0.1) is 0 Å². The lowest BCUT2D eigenvalue weighted by Crippen LogP contribution is -2.48. The smallest absolute Gasteiger partial charge is 0.312 e. The predicted octanol–water partition coefficient (Wildman–Crippen LogP) is 0.244. The summed E-state index contributed by atoms with van der Waals surface area (Å²) in [6.07, 6.45) is 2.45. The second-order valence-electron chi connectivity index (χ2n) is 4.06. The van der Waals surface area contributed by atoms with Crippen LogP contribution >= 0.6 is 0 Å². The number of rotatable bonds is 3. The van der Waals surface area contributed by atoms with Gasteiger partial charge >= 0.3 is 6.41 Å². The summed E-state index contributed by atoms with van der Waals surface area (Å²) in [4.78, 5) is 25.3. The molecule has 1 saturated heterocycles. The molecule has 0 unspecified atom stereocenters. The minimum absolute atomic E-state index is 0.200. The van der Waals surface area contributed by atoms with E-state index in [-0.39, 0.29) is 5.91 Å². The molecule has 0 aromatic carbocycles. The van der Waals surface area contributed by atoms with Crippen LogP contribution in [0.4, 0.5) is 0 Å². The first-order valence-electron chi connectivity index (χ1n) is 5.04. The van der Waals surface area contributed by atoms with E-state index in [1.54, 1.807) is 4.90 Å². The van der Waals surface area contributed by atoms with Gasteiger partial charge in [-0.1, -0.05) is 13.8 Å². The van der Waals surface area contributed by atoms with Crippen LogP contribution in [0.15, 0.2) is 0 Å². The van der Waals surface area contributed by atoms with Gasteiger partial charge in [0.2, 0.25) is 5.91 Å². The van der Waals surface area contributed by atoms with Crippen molar-refractivity contribution in [3.05, 3.63) is 0 Å². The van der Waals surface area contributed by atoms with Gasteiger partial charge in [-0.2, -0.15) is 0 Å².